The van der Waals surface area contributed by atoms with E-state index in [0.29, 0.717) is 6.04 Å². The van der Waals surface area contributed by atoms with Gasteiger partial charge in [-0.05, 0) is 32.2 Å². The van der Waals surface area contributed by atoms with Crippen molar-refractivity contribution in [3.8, 4) is 0 Å². The quantitative estimate of drug-likeness (QED) is 0.636. The van der Waals surface area contributed by atoms with Crippen molar-refractivity contribution in [3.63, 3.8) is 0 Å². The molecular formula is C17H36N2O2. The Kier molecular flexibility index (Phi) is 9.49. The minimum atomic E-state index is 0.268. The van der Waals surface area contributed by atoms with Gasteiger partial charge in [-0.15, -0.1) is 0 Å². The highest BCUT2D eigenvalue weighted by Crippen LogP contribution is 2.30. The van der Waals surface area contributed by atoms with Gasteiger partial charge in [0.25, 0.3) is 0 Å². The molecule has 1 N–H and O–H groups in total. The van der Waals surface area contributed by atoms with Crippen LogP contribution in [0.1, 0.15) is 46.5 Å². The van der Waals surface area contributed by atoms with Gasteiger partial charge in [-0.25, -0.2) is 0 Å². The van der Waals surface area contributed by atoms with Gasteiger partial charge < -0.3 is 14.8 Å². The van der Waals surface area contributed by atoms with E-state index in [4.69, 9.17) is 9.47 Å². The van der Waals surface area contributed by atoms with Crippen LogP contribution >= 0.6 is 0 Å². The molecule has 1 fully saturated rings. The summed E-state index contributed by atoms with van der Waals surface area (Å²) in [6.07, 6.45) is 4.87. The lowest BCUT2D eigenvalue weighted by Crippen LogP contribution is -2.52. The number of nitrogens with one attached hydrogen (secondary N) is 1. The van der Waals surface area contributed by atoms with Gasteiger partial charge >= 0.3 is 0 Å². The first-order valence-corrected chi connectivity index (χ1v) is 8.72. The fraction of sp³-hybridized carbons (Fsp3) is 1.00. The number of methoxy groups -OCH3 is 1. The van der Waals surface area contributed by atoms with Crippen LogP contribution in [-0.2, 0) is 9.47 Å². The molecule has 0 radical (unpaired) electrons. The molecule has 0 aromatic rings. The maximum absolute atomic E-state index is 5.84. The fourth-order valence-corrected chi connectivity index (χ4v) is 3.46. The van der Waals surface area contributed by atoms with Gasteiger partial charge in [0.1, 0.15) is 0 Å². The van der Waals surface area contributed by atoms with E-state index in [1.54, 1.807) is 7.11 Å². The highest BCUT2D eigenvalue weighted by molar-refractivity contribution is 4.88. The van der Waals surface area contributed by atoms with Crippen molar-refractivity contribution in [3.05, 3.63) is 0 Å². The molecule has 21 heavy (non-hydrogen) atoms. The average Bonchev–Trinajstić information content (AvgIpc) is 2.52. The summed E-state index contributed by atoms with van der Waals surface area (Å²) in [4.78, 5) is 2.63. The van der Waals surface area contributed by atoms with Crippen LogP contribution in [0.5, 0.6) is 0 Å². The lowest BCUT2D eigenvalue weighted by Gasteiger charge is -2.43. The molecule has 1 aliphatic heterocycles. The molecule has 4 nitrogen and oxygen atoms in total. The molecule has 0 aromatic carbocycles. The number of hydrogen-bond acceptors (Lipinski definition) is 4. The van der Waals surface area contributed by atoms with Crippen LogP contribution in [0.2, 0.25) is 0 Å². The van der Waals surface area contributed by atoms with Crippen molar-refractivity contribution < 1.29 is 9.47 Å². The number of ether oxygens (including phenoxy) is 2. The largest absolute Gasteiger partial charge is 0.383 e. The van der Waals surface area contributed by atoms with E-state index < -0.39 is 0 Å². The van der Waals surface area contributed by atoms with E-state index in [-0.39, 0.29) is 5.41 Å². The molecule has 1 unspecified atom stereocenters. The predicted molar refractivity (Wildman–Crippen MR) is 88.8 cm³/mol. The first kappa shape index (κ1) is 18.9. The standard InChI is InChI=1S/C17H36N2O2/c1-5-16(6-2)19(10-12-20-4)14-17(13-18-7-3)9-8-11-21-15-17/h16,18H,5-15H2,1-4H3. The Labute approximate surface area is 131 Å². The summed E-state index contributed by atoms with van der Waals surface area (Å²) < 4.78 is 11.2. The van der Waals surface area contributed by atoms with E-state index in [1.807, 2.05) is 0 Å². The monoisotopic (exact) mass is 300 g/mol. The van der Waals surface area contributed by atoms with Gasteiger partial charge in [0, 0.05) is 44.8 Å². The molecule has 4 heteroatoms. The summed E-state index contributed by atoms with van der Waals surface area (Å²) in [5.41, 5.74) is 0.268. The summed E-state index contributed by atoms with van der Waals surface area (Å²) in [5, 5.41) is 3.56. The van der Waals surface area contributed by atoms with Crippen molar-refractivity contribution in [2.45, 2.75) is 52.5 Å². The summed E-state index contributed by atoms with van der Waals surface area (Å²) in [6, 6.07) is 0.653. The molecule has 0 aromatic heterocycles. The SMILES string of the molecule is CCNCC1(CN(CCOC)C(CC)CC)CCCOC1. The Bertz CT molecular complexity index is 251. The van der Waals surface area contributed by atoms with Crippen LogP contribution in [0.4, 0.5) is 0 Å². The van der Waals surface area contributed by atoms with Gasteiger partial charge in [0.05, 0.1) is 13.2 Å². The number of nitrogens with zero attached hydrogens (tertiary/aromatic N) is 1. The molecule has 0 aliphatic carbocycles. The lowest BCUT2D eigenvalue weighted by atomic mass is 9.81. The highest BCUT2D eigenvalue weighted by Gasteiger charge is 2.35. The molecule has 1 rings (SSSR count). The van der Waals surface area contributed by atoms with Gasteiger partial charge in [-0.2, -0.15) is 0 Å². The first-order chi connectivity index (χ1) is 10.2. The van der Waals surface area contributed by atoms with Crippen molar-refractivity contribution >= 4 is 0 Å². The van der Waals surface area contributed by atoms with E-state index in [9.17, 15) is 0 Å². The third-order valence-corrected chi connectivity index (χ3v) is 4.73. The number of rotatable bonds is 11. The molecule has 1 heterocycles. The molecule has 0 saturated carbocycles. The topological polar surface area (TPSA) is 33.7 Å². The Balaban J connectivity index is 2.73. The van der Waals surface area contributed by atoms with Gasteiger partial charge in [0.15, 0.2) is 0 Å². The first-order valence-electron chi connectivity index (χ1n) is 8.72. The van der Waals surface area contributed by atoms with Crippen LogP contribution < -0.4 is 5.32 Å². The maximum Gasteiger partial charge on any atom is 0.0589 e. The fourth-order valence-electron chi connectivity index (χ4n) is 3.46. The summed E-state index contributed by atoms with van der Waals surface area (Å²) in [7, 11) is 1.79. The van der Waals surface area contributed by atoms with Crippen molar-refractivity contribution in [2.24, 2.45) is 5.41 Å². The van der Waals surface area contributed by atoms with Crippen molar-refractivity contribution in [2.75, 3.05) is 53.1 Å². The maximum atomic E-state index is 5.84. The lowest BCUT2D eigenvalue weighted by molar-refractivity contribution is -0.0369. The van der Waals surface area contributed by atoms with Crippen LogP contribution in [0.15, 0.2) is 0 Å². The van der Waals surface area contributed by atoms with E-state index in [0.717, 1.165) is 46.0 Å². The average molecular weight is 300 g/mol. The van der Waals surface area contributed by atoms with Crippen LogP contribution in [0, 0.1) is 5.41 Å². The van der Waals surface area contributed by atoms with E-state index >= 15 is 0 Å². The Morgan fingerprint density at radius 1 is 1.29 bits per heavy atom. The van der Waals surface area contributed by atoms with E-state index in [2.05, 4.69) is 31.0 Å². The third kappa shape index (κ3) is 6.23. The van der Waals surface area contributed by atoms with Gasteiger partial charge in [-0.1, -0.05) is 20.8 Å². The van der Waals surface area contributed by atoms with Gasteiger partial charge in [0.2, 0.25) is 0 Å². The Morgan fingerprint density at radius 3 is 2.57 bits per heavy atom. The zero-order chi connectivity index (χ0) is 15.6. The molecule has 0 bridgehead atoms. The third-order valence-electron chi connectivity index (χ3n) is 4.73. The smallest absolute Gasteiger partial charge is 0.0589 e. The number of hydrogen-bond donors (Lipinski definition) is 1. The minimum absolute atomic E-state index is 0.268. The second-order valence-corrected chi connectivity index (χ2v) is 6.37. The van der Waals surface area contributed by atoms with Crippen molar-refractivity contribution in [1.82, 2.24) is 10.2 Å². The Morgan fingerprint density at radius 2 is 2.05 bits per heavy atom. The minimum Gasteiger partial charge on any atom is -0.383 e. The molecule has 1 atom stereocenters. The molecule has 0 spiro atoms. The summed E-state index contributed by atoms with van der Waals surface area (Å²) in [6.45, 7) is 13.6. The molecule has 126 valence electrons. The summed E-state index contributed by atoms with van der Waals surface area (Å²) in [5.74, 6) is 0. The van der Waals surface area contributed by atoms with Crippen molar-refractivity contribution in [1.29, 1.82) is 0 Å². The second-order valence-electron chi connectivity index (χ2n) is 6.37. The zero-order valence-corrected chi connectivity index (χ0v) is 14.6. The molecule has 1 aliphatic rings. The molecular weight excluding hydrogens is 264 g/mol. The van der Waals surface area contributed by atoms with Crippen LogP contribution in [0.3, 0.4) is 0 Å². The van der Waals surface area contributed by atoms with E-state index in [1.165, 1.54) is 25.7 Å². The predicted octanol–water partition coefficient (Wildman–Crippen LogP) is 2.53. The van der Waals surface area contributed by atoms with Crippen LogP contribution in [-0.4, -0.2) is 64.1 Å². The molecule has 1 saturated heterocycles. The normalized spacial score (nSPS) is 23.1. The highest BCUT2D eigenvalue weighted by atomic mass is 16.5. The Hall–Kier alpha value is -0.160. The van der Waals surface area contributed by atoms with Gasteiger partial charge in [-0.3, -0.25) is 4.90 Å². The zero-order valence-electron chi connectivity index (χ0n) is 14.6. The second kappa shape index (κ2) is 10.5. The van der Waals surface area contributed by atoms with Crippen LogP contribution in [0.25, 0.3) is 0 Å². The molecule has 0 amide bonds. The summed E-state index contributed by atoms with van der Waals surface area (Å²) >= 11 is 0.